The highest BCUT2D eigenvalue weighted by Crippen LogP contribution is 2.42. The van der Waals surface area contributed by atoms with Crippen molar-refractivity contribution in [2.24, 2.45) is 0 Å². The highest BCUT2D eigenvalue weighted by atomic mass is 16.5. The number of Topliss-reactive ketones (excluding diaryl/α,β-unsaturated/α-hetero) is 1. The molecule has 1 atom stereocenters. The molecule has 4 heterocycles. The van der Waals surface area contributed by atoms with Crippen LogP contribution in [0.1, 0.15) is 48.5 Å². The number of aromatic nitrogens is 1. The molecule has 0 spiro atoms. The third kappa shape index (κ3) is 4.24. The molecule has 3 aliphatic rings. The number of aliphatic hydroxyl groups excluding tert-OH is 1. The van der Waals surface area contributed by atoms with E-state index in [0.29, 0.717) is 23.6 Å². The second-order valence-electron chi connectivity index (χ2n) is 9.76. The average Bonchev–Trinajstić information content (AvgIpc) is 3.23. The van der Waals surface area contributed by atoms with Crippen molar-refractivity contribution in [2.75, 3.05) is 29.5 Å². The molecule has 188 valence electrons. The maximum Gasteiger partial charge on any atom is 0.300 e. The smallest absolute Gasteiger partial charge is 0.300 e. The Bertz CT molecular complexity index is 1360. The summed E-state index contributed by atoms with van der Waals surface area (Å²) in [7, 11) is 0. The highest BCUT2D eigenvalue weighted by molar-refractivity contribution is 6.51. The molecule has 2 fully saturated rings. The van der Waals surface area contributed by atoms with Gasteiger partial charge in [-0.25, -0.2) is 0 Å². The summed E-state index contributed by atoms with van der Waals surface area (Å²) in [5.74, 6) is -0.806. The Morgan fingerprint density at radius 1 is 0.919 bits per heavy atom. The van der Waals surface area contributed by atoms with E-state index in [1.165, 1.54) is 24.2 Å². The number of pyridine rings is 1. The Labute approximate surface area is 216 Å². The lowest BCUT2D eigenvalue weighted by atomic mass is 9.96. The number of carbonyl (C=O) groups is 2. The summed E-state index contributed by atoms with van der Waals surface area (Å²) in [5.41, 5.74) is 3.73. The Kier molecular flexibility index (Phi) is 6.12. The van der Waals surface area contributed by atoms with E-state index in [0.717, 1.165) is 42.9 Å². The molecule has 0 saturated carbocycles. The number of ether oxygens (including phenoxy) is 1. The van der Waals surface area contributed by atoms with Gasteiger partial charge in [0.25, 0.3) is 11.7 Å². The zero-order chi connectivity index (χ0) is 25.4. The van der Waals surface area contributed by atoms with Crippen LogP contribution in [0.25, 0.3) is 5.76 Å². The fourth-order valence-corrected chi connectivity index (χ4v) is 5.56. The number of piperidine rings is 1. The second kappa shape index (κ2) is 9.73. The molecule has 7 heteroatoms. The lowest BCUT2D eigenvalue weighted by Crippen LogP contribution is -2.31. The Balaban J connectivity index is 1.43. The molecule has 37 heavy (non-hydrogen) atoms. The van der Waals surface area contributed by atoms with Gasteiger partial charge in [-0.2, -0.15) is 0 Å². The third-order valence-electron chi connectivity index (χ3n) is 7.44. The zero-order valence-electron chi connectivity index (χ0n) is 20.6. The SMILES string of the molecule is O=C1C(=O)N(c2ccc(N3CCCCC3)cc2)C(c2ccccn2)/C1=C(/O)c1ccc2c(c1)CCCO2. The molecule has 1 unspecified atom stereocenters. The lowest BCUT2D eigenvalue weighted by molar-refractivity contribution is -0.132. The van der Waals surface area contributed by atoms with Gasteiger partial charge in [0.05, 0.1) is 17.9 Å². The summed E-state index contributed by atoms with van der Waals surface area (Å²) in [5, 5.41) is 11.4. The van der Waals surface area contributed by atoms with Gasteiger partial charge in [0.1, 0.15) is 17.6 Å². The molecular formula is C30H29N3O4. The number of nitrogens with zero attached hydrogens (tertiary/aromatic N) is 3. The Morgan fingerprint density at radius 3 is 2.46 bits per heavy atom. The first-order chi connectivity index (χ1) is 18.1. The number of anilines is 2. The number of aryl methyl sites for hydroxylation is 1. The van der Waals surface area contributed by atoms with Crippen LogP contribution in [0.4, 0.5) is 11.4 Å². The number of benzene rings is 2. The highest BCUT2D eigenvalue weighted by Gasteiger charge is 2.47. The van der Waals surface area contributed by atoms with Gasteiger partial charge >= 0.3 is 0 Å². The van der Waals surface area contributed by atoms with Gasteiger partial charge in [-0.05, 0) is 92.3 Å². The summed E-state index contributed by atoms with van der Waals surface area (Å²) in [4.78, 5) is 35.1. The zero-order valence-corrected chi connectivity index (χ0v) is 20.6. The first kappa shape index (κ1) is 23.3. The predicted octanol–water partition coefficient (Wildman–Crippen LogP) is 5.02. The van der Waals surface area contributed by atoms with Gasteiger partial charge in [0, 0.05) is 36.2 Å². The standard InChI is InChI=1S/C30H29N3O4/c34-28(21-9-14-25-20(19-21)7-6-18-37-25)26-27(24-8-2-3-15-31-24)33(30(36)29(26)35)23-12-10-22(11-13-23)32-16-4-1-5-17-32/h2-3,8-15,19,27,34H,1,4-7,16-18H2/b28-26-. The van der Waals surface area contributed by atoms with Crippen LogP contribution in [0.15, 0.2) is 72.4 Å². The van der Waals surface area contributed by atoms with Crippen molar-refractivity contribution in [3.63, 3.8) is 0 Å². The largest absolute Gasteiger partial charge is 0.507 e. The summed E-state index contributed by atoms with van der Waals surface area (Å²) in [6.07, 6.45) is 6.95. The summed E-state index contributed by atoms with van der Waals surface area (Å²) in [6.45, 7) is 2.70. The minimum atomic E-state index is -0.839. The molecule has 1 aromatic heterocycles. The molecule has 2 aromatic carbocycles. The first-order valence-electron chi connectivity index (χ1n) is 12.9. The average molecular weight is 496 g/mol. The number of carbonyl (C=O) groups excluding carboxylic acids is 2. The van der Waals surface area contributed by atoms with Crippen LogP contribution in [-0.4, -0.2) is 41.5 Å². The third-order valence-corrected chi connectivity index (χ3v) is 7.44. The number of amides is 1. The molecule has 0 bridgehead atoms. The molecule has 1 N–H and O–H groups in total. The lowest BCUT2D eigenvalue weighted by Gasteiger charge is -2.30. The number of hydrogen-bond acceptors (Lipinski definition) is 6. The fourth-order valence-electron chi connectivity index (χ4n) is 5.56. The predicted molar refractivity (Wildman–Crippen MR) is 142 cm³/mol. The van der Waals surface area contributed by atoms with Crippen molar-refractivity contribution in [1.29, 1.82) is 0 Å². The molecule has 0 radical (unpaired) electrons. The summed E-state index contributed by atoms with van der Waals surface area (Å²) in [6, 6.07) is 17.7. The van der Waals surface area contributed by atoms with Crippen LogP contribution in [0.5, 0.6) is 5.75 Å². The Morgan fingerprint density at radius 2 is 1.70 bits per heavy atom. The van der Waals surface area contributed by atoms with E-state index in [2.05, 4.69) is 9.88 Å². The van der Waals surface area contributed by atoms with Crippen LogP contribution >= 0.6 is 0 Å². The van der Waals surface area contributed by atoms with Crippen molar-refractivity contribution < 1.29 is 19.4 Å². The number of fused-ring (bicyclic) bond motifs is 1. The van der Waals surface area contributed by atoms with Gasteiger partial charge in [-0.3, -0.25) is 19.5 Å². The number of rotatable bonds is 4. The topological polar surface area (TPSA) is 83.0 Å². The Hall–Kier alpha value is -4.13. The van der Waals surface area contributed by atoms with E-state index < -0.39 is 17.7 Å². The van der Waals surface area contributed by atoms with Crippen LogP contribution in [0.3, 0.4) is 0 Å². The normalized spacial score (nSPS) is 21.0. The summed E-state index contributed by atoms with van der Waals surface area (Å²) >= 11 is 0. The van der Waals surface area contributed by atoms with Crippen molar-refractivity contribution >= 4 is 28.8 Å². The molecule has 3 aliphatic heterocycles. The van der Waals surface area contributed by atoms with Crippen molar-refractivity contribution in [1.82, 2.24) is 4.98 Å². The van der Waals surface area contributed by atoms with E-state index in [-0.39, 0.29) is 11.3 Å². The van der Waals surface area contributed by atoms with E-state index in [9.17, 15) is 14.7 Å². The second-order valence-corrected chi connectivity index (χ2v) is 9.76. The van der Waals surface area contributed by atoms with E-state index >= 15 is 0 Å². The first-order valence-corrected chi connectivity index (χ1v) is 12.9. The van der Waals surface area contributed by atoms with Crippen molar-refractivity contribution in [3.8, 4) is 5.75 Å². The monoisotopic (exact) mass is 495 g/mol. The quantitative estimate of drug-likeness (QED) is 0.311. The fraction of sp³-hybridized carbons (Fsp3) is 0.300. The van der Waals surface area contributed by atoms with Crippen LogP contribution in [0, 0.1) is 0 Å². The molecule has 7 nitrogen and oxygen atoms in total. The molecular weight excluding hydrogens is 466 g/mol. The van der Waals surface area contributed by atoms with E-state index in [1.807, 2.05) is 42.5 Å². The van der Waals surface area contributed by atoms with Crippen LogP contribution in [-0.2, 0) is 16.0 Å². The van der Waals surface area contributed by atoms with Crippen LogP contribution in [0.2, 0.25) is 0 Å². The summed E-state index contributed by atoms with van der Waals surface area (Å²) < 4.78 is 5.70. The van der Waals surface area contributed by atoms with Gasteiger partial charge in [-0.1, -0.05) is 6.07 Å². The van der Waals surface area contributed by atoms with Gasteiger partial charge in [0.15, 0.2) is 0 Å². The molecule has 0 aliphatic carbocycles. The van der Waals surface area contributed by atoms with E-state index in [1.54, 1.807) is 24.4 Å². The van der Waals surface area contributed by atoms with Crippen molar-refractivity contribution in [2.45, 2.75) is 38.1 Å². The number of aliphatic hydroxyl groups is 1. The maximum atomic E-state index is 13.4. The number of hydrogen-bond donors (Lipinski definition) is 1. The molecule has 6 rings (SSSR count). The molecule has 2 saturated heterocycles. The minimum absolute atomic E-state index is 0.0421. The van der Waals surface area contributed by atoms with Gasteiger partial charge in [0.2, 0.25) is 0 Å². The minimum Gasteiger partial charge on any atom is -0.507 e. The van der Waals surface area contributed by atoms with Crippen molar-refractivity contribution in [3.05, 3.63) is 89.3 Å². The van der Waals surface area contributed by atoms with Gasteiger partial charge in [-0.15, -0.1) is 0 Å². The maximum absolute atomic E-state index is 13.4. The molecule has 1 amide bonds. The molecule has 3 aromatic rings. The van der Waals surface area contributed by atoms with E-state index in [4.69, 9.17) is 4.74 Å². The number of ketones is 1. The van der Waals surface area contributed by atoms with Gasteiger partial charge < -0.3 is 14.7 Å². The van der Waals surface area contributed by atoms with Crippen LogP contribution < -0.4 is 14.5 Å².